The number of pyridine rings is 1. The third-order valence-electron chi connectivity index (χ3n) is 3.99. The van der Waals surface area contributed by atoms with E-state index in [0.717, 1.165) is 5.56 Å². The van der Waals surface area contributed by atoms with Gasteiger partial charge in [0.2, 0.25) is 5.91 Å². The first-order valence-corrected chi connectivity index (χ1v) is 8.17. The van der Waals surface area contributed by atoms with E-state index in [9.17, 15) is 14.7 Å². The van der Waals surface area contributed by atoms with Crippen LogP contribution in [0.15, 0.2) is 53.5 Å². The molecule has 1 N–H and O–H groups in total. The molecular weight excluding hydrogens is 304 g/mol. The molecule has 24 heavy (non-hydrogen) atoms. The lowest BCUT2D eigenvalue weighted by Crippen LogP contribution is -2.40. The van der Waals surface area contributed by atoms with Gasteiger partial charge in [-0.2, -0.15) is 0 Å². The highest BCUT2D eigenvalue weighted by molar-refractivity contribution is 5.76. The van der Waals surface area contributed by atoms with Crippen LogP contribution in [0.3, 0.4) is 0 Å². The summed E-state index contributed by atoms with van der Waals surface area (Å²) in [6.07, 6.45) is 1.61. The van der Waals surface area contributed by atoms with Crippen LogP contribution in [0.5, 0.6) is 0 Å². The molecule has 5 nitrogen and oxygen atoms in total. The van der Waals surface area contributed by atoms with Crippen molar-refractivity contribution in [2.45, 2.75) is 39.5 Å². The minimum Gasteiger partial charge on any atom is -0.391 e. The minimum absolute atomic E-state index is 0.0240. The van der Waals surface area contributed by atoms with Crippen molar-refractivity contribution in [3.63, 3.8) is 0 Å². The van der Waals surface area contributed by atoms with Crippen molar-refractivity contribution in [2.24, 2.45) is 0 Å². The standard InChI is InChI=1S/C19H24N2O3/c1-3-17(22)13-21(12-16-9-5-4-6-10-16)18(23)14-20-11-7-8-15(2)19(20)24/h4-11,17,22H,3,12-14H2,1-2H3. The Balaban J connectivity index is 2.17. The first kappa shape index (κ1) is 17.9. The van der Waals surface area contributed by atoms with Gasteiger partial charge in [-0.1, -0.05) is 43.3 Å². The summed E-state index contributed by atoms with van der Waals surface area (Å²) in [5.41, 5.74) is 1.43. The summed E-state index contributed by atoms with van der Waals surface area (Å²) in [6, 6.07) is 13.1. The maximum absolute atomic E-state index is 12.7. The maximum Gasteiger partial charge on any atom is 0.253 e. The van der Waals surface area contributed by atoms with Gasteiger partial charge < -0.3 is 14.6 Å². The Bertz CT molecular complexity index is 725. The quantitative estimate of drug-likeness (QED) is 0.845. The SMILES string of the molecule is CCC(O)CN(Cc1ccccc1)C(=O)Cn1cccc(C)c1=O. The van der Waals surface area contributed by atoms with Gasteiger partial charge in [-0.3, -0.25) is 9.59 Å². The predicted molar refractivity (Wildman–Crippen MR) is 93.6 cm³/mol. The van der Waals surface area contributed by atoms with E-state index < -0.39 is 6.10 Å². The summed E-state index contributed by atoms with van der Waals surface area (Å²) in [6.45, 7) is 4.25. The fourth-order valence-electron chi connectivity index (χ4n) is 2.47. The van der Waals surface area contributed by atoms with Gasteiger partial charge in [0.15, 0.2) is 0 Å². The number of aliphatic hydroxyl groups excluding tert-OH is 1. The van der Waals surface area contributed by atoms with Crippen molar-refractivity contribution in [1.82, 2.24) is 9.47 Å². The molecule has 0 bridgehead atoms. The van der Waals surface area contributed by atoms with Gasteiger partial charge in [-0.15, -0.1) is 0 Å². The molecule has 5 heteroatoms. The van der Waals surface area contributed by atoms with E-state index >= 15 is 0 Å². The van der Waals surface area contributed by atoms with Gasteiger partial charge in [0.25, 0.3) is 5.56 Å². The second kappa shape index (κ2) is 8.45. The molecule has 0 spiro atoms. The van der Waals surface area contributed by atoms with E-state index in [0.29, 0.717) is 18.5 Å². The minimum atomic E-state index is -0.577. The number of amides is 1. The zero-order chi connectivity index (χ0) is 17.5. The van der Waals surface area contributed by atoms with Gasteiger partial charge in [0.05, 0.1) is 6.10 Å². The Morgan fingerprint density at radius 2 is 1.92 bits per heavy atom. The highest BCUT2D eigenvalue weighted by atomic mass is 16.3. The van der Waals surface area contributed by atoms with Crippen LogP contribution in [0, 0.1) is 6.92 Å². The van der Waals surface area contributed by atoms with Crippen LogP contribution in [0.1, 0.15) is 24.5 Å². The molecule has 2 rings (SSSR count). The first-order chi connectivity index (χ1) is 11.5. The van der Waals surface area contributed by atoms with E-state index in [1.54, 1.807) is 30.2 Å². The molecule has 0 saturated heterocycles. The van der Waals surface area contributed by atoms with E-state index in [1.165, 1.54) is 4.57 Å². The Labute approximate surface area is 142 Å². The average Bonchev–Trinajstić information content (AvgIpc) is 2.59. The molecule has 0 fully saturated rings. The molecular formula is C19H24N2O3. The molecule has 1 heterocycles. The molecule has 1 aromatic heterocycles. The summed E-state index contributed by atoms with van der Waals surface area (Å²) in [4.78, 5) is 26.4. The van der Waals surface area contributed by atoms with Gasteiger partial charge in [-0.25, -0.2) is 0 Å². The van der Waals surface area contributed by atoms with Crippen LogP contribution in [-0.4, -0.2) is 33.1 Å². The zero-order valence-electron chi connectivity index (χ0n) is 14.2. The number of carbonyl (C=O) groups excluding carboxylic acids is 1. The van der Waals surface area contributed by atoms with Crippen LogP contribution in [0.2, 0.25) is 0 Å². The van der Waals surface area contributed by atoms with Crippen molar-refractivity contribution in [2.75, 3.05) is 6.54 Å². The predicted octanol–water partition coefficient (Wildman–Crippen LogP) is 1.96. The Kier molecular flexibility index (Phi) is 6.32. The summed E-state index contributed by atoms with van der Waals surface area (Å²) in [5.74, 6) is -0.181. The lowest BCUT2D eigenvalue weighted by molar-refractivity contribution is -0.134. The van der Waals surface area contributed by atoms with Crippen LogP contribution in [0.4, 0.5) is 0 Å². The molecule has 0 aliphatic carbocycles. The molecule has 0 aliphatic heterocycles. The number of hydrogen-bond donors (Lipinski definition) is 1. The summed E-state index contributed by atoms with van der Waals surface area (Å²) in [7, 11) is 0. The van der Waals surface area contributed by atoms with Crippen molar-refractivity contribution in [3.8, 4) is 0 Å². The van der Waals surface area contributed by atoms with Crippen molar-refractivity contribution in [1.29, 1.82) is 0 Å². The van der Waals surface area contributed by atoms with E-state index in [2.05, 4.69) is 0 Å². The summed E-state index contributed by atoms with van der Waals surface area (Å²) in [5, 5.41) is 9.96. The van der Waals surface area contributed by atoms with E-state index in [-0.39, 0.29) is 24.6 Å². The largest absolute Gasteiger partial charge is 0.391 e. The van der Waals surface area contributed by atoms with E-state index in [1.807, 2.05) is 37.3 Å². The lowest BCUT2D eigenvalue weighted by atomic mass is 10.2. The third kappa shape index (κ3) is 4.80. The van der Waals surface area contributed by atoms with Crippen molar-refractivity contribution < 1.29 is 9.90 Å². The van der Waals surface area contributed by atoms with Crippen molar-refractivity contribution >= 4 is 5.91 Å². The van der Waals surface area contributed by atoms with Crippen LogP contribution < -0.4 is 5.56 Å². The second-order valence-electron chi connectivity index (χ2n) is 5.95. The fourth-order valence-corrected chi connectivity index (χ4v) is 2.47. The Hall–Kier alpha value is -2.40. The summed E-state index contributed by atoms with van der Waals surface area (Å²) < 4.78 is 1.41. The third-order valence-corrected chi connectivity index (χ3v) is 3.99. The smallest absolute Gasteiger partial charge is 0.253 e. The number of benzene rings is 1. The molecule has 1 amide bonds. The maximum atomic E-state index is 12.7. The topological polar surface area (TPSA) is 62.5 Å². The molecule has 0 aliphatic rings. The zero-order valence-corrected chi connectivity index (χ0v) is 14.2. The Morgan fingerprint density at radius 3 is 2.58 bits per heavy atom. The normalized spacial score (nSPS) is 12.0. The van der Waals surface area contributed by atoms with Gasteiger partial charge in [-0.05, 0) is 25.0 Å². The van der Waals surface area contributed by atoms with E-state index in [4.69, 9.17) is 0 Å². The fraction of sp³-hybridized carbons (Fsp3) is 0.368. The second-order valence-corrected chi connectivity index (χ2v) is 5.95. The first-order valence-electron chi connectivity index (χ1n) is 8.17. The highest BCUT2D eigenvalue weighted by Gasteiger charge is 2.18. The van der Waals surface area contributed by atoms with Crippen LogP contribution >= 0.6 is 0 Å². The van der Waals surface area contributed by atoms with Crippen molar-refractivity contribution in [3.05, 3.63) is 70.1 Å². The highest BCUT2D eigenvalue weighted by Crippen LogP contribution is 2.08. The number of aliphatic hydroxyl groups is 1. The number of aryl methyl sites for hydroxylation is 1. The number of aromatic nitrogens is 1. The molecule has 1 atom stereocenters. The molecule has 0 saturated carbocycles. The number of carbonyl (C=O) groups is 1. The molecule has 1 unspecified atom stereocenters. The number of hydrogen-bond acceptors (Lipinski definition) is 3. The lowest BCUT2D eigenvalue weighted by Gasteiger charge is -2.25. The van der Waals surface area contributed by atoms with Gasteiger partial charge >= 0.3 is 0 Å². The van der Waals surface area contributed by atoms with Crippen LogP contribution in [-0.2, 0) is 17.9 Å². The van der Waals surface area contributed by atoms with Gasteiger partial charge in [0.1, 0.15) is 6.54 Å². The number of rotatable bonds is 7. The molecule has 1 aromatic carbocycles. The molecule has 0 radical (unpaired) electrons. The number of nitrogens with zero attached hydrogens (tertiary/aromatic N) is 2. The average molecular weight is 328 g/mol. The van der Waals surface area contributed by atoms with Gasteiger partial charge in [0, 0.05) is 24.8 Å². The molecule has 2 aromatic rings. The van der Waals surface area contributed by atoms with Crippen LogP contribution in [0.25, 0.3) is 0 Å². The summed E-state index contributed by atoms with van der Waals surface area (Å²) >= 11 is 0. The monoisotopic (exact) mass is 328 g/mol. The molecule has 128 valence electrons. The Morgan fingerprint density at radius 1 is 1.21 bits per heavy atom.